The number of urea groups is 1. The minimum atomic E-state index is -1.12. The average molecular weight is 1510 g/mol. The molecular weight excluding hydrogens is 1380 g/mol. The van der Waals surface area contributed by atoms with E-state index in [1.807, 2.05) is 13.8 Å². The summed E-state index contributed by atoms with van der Waals surface area (Å²) in [4.78, 5) is 119. The molecule has 5 atom stereocenters. The Morgan fingerprint density at radius 3 is 1.32 bits per heavy atom. The van der Waals surface area contributed by atoms with Gasteiger partial charge in [-0.3, -0.25) is 54.1 Å². The van der Waals surface area contributed by atoms with E-state index < -0.39 is 77.8 Å². The monoisotopic (exact) mass is 1510 g/mol. The molecular formula is C68H124N12O25. The molecule has 0 aliphatic rings. The third-order valence-electron chi connectivity index (χ3n) is 15.1. The van der Waals surface area contributed by atoms with Crippen LogP contribution in [-0.2, 0) is 102 Å². The Morgan fingerprint density at radius 2 is 0.886 bits per heavy atom. The molecule has 37 heteroatoms. The lowest BCUT2D eigenvalue weighted by Gasteiger charge is -2.32. The van der Waals surface area contributed by atoms with Crippen molar-refractivity contribution in [2.45, 2.75) is 123 Å². The van der Waals surface area contributed by atoms with Crippen molar-refractivity contribution in [1.29, 1.82) is 0 Å². The molecule has 0 unspecified atom stereocenters. The van der Waals surface area contributed by atoms with Crippen molar-refractivity contribution in [2.75, 3.05) is 211 Å². The third kappa shape index (κ3) is 49.8. The Hall–Kier alpha value is -6.63. The summed E-state index contributed by atoms with van der Waals surface area (Å²) in [7, 11) is 4.64. The highest BCUT2D eigenvalue weighted by molar-refractivity contribution is 5.99. The number of anilines is 1. The van der Waals surface area contributed by atoms with Crippen molar-refractivity contribution < 1.29 is 120 Å². The summed E-state index contributed by atoms with van der Waals surface area (Å²) < 4.78 is 70.6. The quantitative estimate of drug-likeness (QED) is 0.0239. The second-order valence-corrected chi connectivity index (χ2v) is 25.1. The molecule has 0 aliphatic heterocycles. The largest absolute Gasteiger partial charge is 0.445 e. The van der Waals surface area contributed by atoms with Crippen LogP contribution in [0.25, 0.3) is 0 Å². The molecule has 606 valence electrons. The molecule has 0 spiro atoms. The Kier molecular flexibility index (Phi) is 56.3. The predicted molar refractivity (Wildman–Crippen MR) is 380 cm³/mol. The van der Waals surface area contributed by atoms with E-state index in [-0.39, 0.29) is 133 Å². The summed E-state index contributed by atoms with van der Waals surface area (Å²) in [6, 6.07) is 0.733. The SMILES string of the molecule is CC(C)[C@H](NC(=O)[C@@H](N)CCCCNC(=O)CCOCCOCCOCCOCCOCCOCCN(O)C(=O)CCOCCOCCOCCOCCOCCOCCN(O)O)C(=O)N[C@@H](CCCNC(N)=O)C(=O)Nc1ccc(COC(=O)N(C)[C@H](C(=O)N[C@H](C(=O)N(C)C)C(C)C)C(C)C)cc1. The number of hydrogen-bond acceptors (Lipinski definition) is 27. The molecule has 0 aliphatic carbocycles. The Bertz CT molecular complexity index is 2510. The molecule has 0 saturated carbocycles. The highest BCUT2D eigenvalue weighted by atomic mass is 16.8. The van der Waals surface area contributed by atoms with Gasteiger partial charge in [0.05, 0.1) is 184 Å². The molecule has 105 heavy (non-hydrogen) atoms. The lowest BCUT2D eigenvalue weighted by molar-refractivity contribution is -0.310. The van der Waals surface area contributed by atoms with Gasteiger partial charge in [-0.2, -0.15) is 0 Å². The maximum Gasteiger partial charge on any atom is 0.410 e. The number of unbranched alkanes of at least 4 members (excludes halogenated alkanes) is 1. The fourth-order valence-corrected chi connectivity index (χ4v) is 9.29. The Labute approximate surface area is 617 Å². The van der Waals surface area contributed by atoms with Gasteiger partial charge in [0.1, 0.15) is 30.8 Å². The van der Waals surface area contributed by atoms with E-state index in [1.165, 1.54) is 16.8 Å². The molecule has 0 bridgehead atoms. The van der Waals surface area contributed by atoms with Crippen LogP contribution in [0.4, 0.5) is 15.3 Å². The van der Waals surface area contributed by atoms with E-state index in [0.29, 0.717) is 148 Å². The van der Waals surface area contributed by atoms with Gasteiger partial charge in [0.25, 0.3) is 0 Å². The molecule has 37 nitrogen and oxygen atoms in total. The van der Waals surface area contributed by atoms with Crippen LogP contribution in [0.15, 0.2) is 24.3 Å². The summed E-state index contributed by atoms with van der Waals surface area (Å²) in [5, 5.41) is 44.1. The van der Waals surface area contributed by atoms with E-state index in [0.717, 1.165) is 0 Å². The van der Waals surface area contributed by atoms with Crippen LogP contribution in [0.5, 0.6) is 0 Å². The van der Waals surface area contributed by atoms with E-state index in [1.54, 1.807) is 66.1 Å². The van der Waals surface area contributed by atoms with Crippen LogP contribution in [0.2, 0.25) is 0 Å². The van der Waals surface area contributed by atoms with Gasteiger partial charge >= 0.3 is 12.1 Å². The first kappa shape index (κ1) is 96.4. The van der Waals surface area contributed by atoms with Crippen LogP contribution < -0.4 is 43.4 Å². The number of nitrogens with one attached hydrogen (secondary N) is 6. The fourth-order valence-electron chi connectivity index (χ4n) is 9.29. The zero-order chi connectivity index (χ0) is 78.0. The number of benzene rings is 1. The van der Waals surface area contributed by atoms with Crippen molar-refractivity contribution in [3.8, 4) is 0 Å². The number of carbonyl (C=O) groups is 9. The number of rotatable bonds is 66. The molecule has 1 aromatic carbocycles. The van der Waals surface area contributed by atoms with Gasteiger partial charge in [0.15, 0.2) is 0 Å². The smallest absolute Gasteiger partial charge is 0.410 e. The first-order valence-corrected chi connectivity index (χ1v) is 35.8. The van der Waals surface area contributed by atoms with Gasteiger partial charge < -0.3 is 110 Å². The zero-order valence-electron chi connectivity index (χ0n) is 63.2. The summed E-state index contributed by atoms with van der Waals surface area (Å²) >= 11 is 0. The van der Waals surface area contributed by atoms with Gasteiger partial charge in [-0.1, -0.05) is 58.9 Å². The molecule has 0 radical (unpaired) electrons. The predicted octanol–water partition coefficient (Wildman–Crippen LogP) is 0.413. The van der Waals surface area contributed by atoms with Gasteiger partial charge in [0, 0.05) is 46.3 Å². The molecule has 10 amide bonds. The lowest BCUT2D eigenvalue weighted by Crippen LogP contribution is -2.57. The summed E-state index contributed by atoms with van der Waals surface area (Å²) in [6.07, 6.45) is 0.985. The second-order valence-electron chi connectivity index (χ2n) is 25.1. The maximum atomic E-state index is 13.8. The highest BCUT2D eigenvalue weighted by Crippen LogP contribution is 2.17. The van der Waals surface area contributed by atoms with Crippen molar-refractivity contribution in [2.24, 2.45) is 29.2 Å². The van der Waals surface area contributed by atoms with Gasteiger partial charge in [0.2, 0.25) is 41.4 Å². The number of likely N-dealkylation sites (N-methyl/N-ethyl adjacent to an activating group) is 2. The van der Waals surface area contributed by atoms with Gasteiger partial charge in [-0.05, 0) is 67.6 Å². The Morgan fingerprint density at radius 1 is 0.457 bits per heavy atom. The van der Waals surface area contributed by atoms with E-state index in [2.05, 4.69) is 31.9 Å². The number of amides is 10. The molecule has 1 rings (SSSR count). The number of nitrogens with zero attached hydrogens (tertiary/aromatic N) is 4. The number of primary amides is 1. The second kappa shape index (κ2) is 61.4. The number of hydrogen-bond donors (Lipinski definition) is 11. The molecule has 0 saturated heterocycles. The van der Waals surface area contributed by atoms with Crippen molar-refractivity contribution in [3.63, 3.8) is 0 Å². The Balaban J connectivity index is 2.21. The topological polar surface area (TPSA) is 471 Å². The molecule has 0 aromatic heterocycles. The highest BCUT2D eigenvalue weighted by Gasteiger charge is 2.35. The van der Waals surface area contributed by atoms with Crippen molar-refractivity contribution in [1.82, 2.24) is 46.7 Å². The van der Waals surface area contributed by atoms with E-state index >= 15 is 0 Å². The minimum absolute atomic E-state index is 0.00134. The first-order chi connectivity index (χ1) is 50.3. The van der Waals surface area contributed by atoms with Crippen LogP contribution in [0.1, 0.15) is 92.1 Å². The first-order valence-electron chi connectivity index (χ1n) is 35.8. The van der Waals surface area contributed by atoms with Gasteiger partial charge in [-0.15, -0.1) is 0 Å². The standard InChI is InChI=1S/C68H124N12O25/c1-50(2)59(64(85)74-56(14-12-22-72-67(70)88)63(84)73-54-17-15-53(16-18-54)49-105-68(89)78(9)61(52(5)6)65(86)76-60(51(3)4)66(87)77(7)8)75-62(83)55(69)13-10-11-21-71-57(81)19-25-93-29-33-97-37-41-101-45-47-103-43-39-99-35-31-95-27-23-79(90)58(82)20-26-94-30-34-98-38-42-102-46-48-104-44-40-100-36-32-96-28-24-80(91)92/h15-18,50-52,55-56,59-61,90-92H,10-14,19-49,69H2,1-9H3,(H,71,81)(H,73,84)(H,74,85)(H,75,83)(H,76,86)(H3,70,72,88)/t55-,56-,59-,60-,61-/m0/s1. The zero-order valence-corrected chi connectivity index (χ0v) is 63.2. The maximum absolute atomic E-state index is 13.8. The lowest BCUT2D eigenvalue weighted by atomic mass is 9.99. The van der Waals surface area contributed by atoms with Crippen molar-refractivity contribution in [3.05, 3.63) is 29.8 Å². The van der Waals surface area contributed by atoms with E-state index in [9.17, 15) is 48.4 Å². The fraction of sp³-hybridized carbons (Fsp3) is 0.779. The van der Waals surface area contributed by atoms with Crippen molar-refractivity contribution >= 4 is 59.2 Å². The molecule has 0 fully saturated rings. The number of carbonyl (C=O) groups excluding carboxylic acids is 9. The summed E-state index contributed by atoms with van der Waals surface area (Å²) in [5.41, 5.74) is 12.4. The van der Waals surface area contributed by atoms with Crippen LogP contribution in [-0.4, -0.2) is 325 Å². The van der Waals surface area contributed by atoms with E-state index in [4.69, 9.17) is 83.5 Å². The minimum Gasteiger partial charge on any atom is -0.445 e. The number of nitrogens with two attached hydrogens (primary N) is 2. The van der Waals surface area contributed by atoms with Gasteiger partial charge in [-0.25, -0.2) is 14.7 Å². The summed E-state index contributed by atoms with van der Waals surface area (Å²) in [6.45, 7) is 18.5. The third-order valence-corrected chi connectivity index (χ3v) is 15.1. The van der Waals surface area contributed by atoms with Crippen LogP contribution in [0, 0.1) is 17.8 Å². The molecule has 0 heterocycles. The van der Waals surface area contributed by atoms with Crippen LogP contribution >= 0.6 is 0 Å². The number of hydroxylamine groups is 4. The molecule has 1 aromatic rings. The van der Waals surface area contributed by atoms with Crippen LogP contribution in [0.3, 0.4) is 0 Å². The normalized spacial score (nSPS) is 12.9. The number of ether oxygens (including phenoxy) is 13. The summed E-state index contributed by atoms with van der Waals surface area (Å²) in [5.74, 6) is -4.23. The average Bonchev–Trinajstić information content (AvgIpc) is 0.852. The molecule has 13 N–H and O–H groups in total.